The van der Waals surface area contributed by atoms with Crippen LogP contribution in [0.3, 0.4) is 0 Å². The first-order valence-corrected chi connectivity index (χ1v) is 10.4. The molecule has 156 valence electrons. The molecule has 1 aliphatic rings. The van der Waals surface area contributed by atoms with Gasteiger partial charge in [0.05, 0.1) is 5.39 Å². The second kappa shape index (κ2) is 9.20. The number of aromatic nitrogens is 2. The van der Waals surface area contributed by atoms with Crippen LogP contribution in [0.4, 0.5) is 0 Å². The van der Waals surface area contributed by atoms with Gasteiger partial charge in [-0.25, -0.2) is 9.48 Å². The first-order valence-electron chi connectivity index (χ1n) is 10.4. The average Bonchev–Trinajstić information content (AvgIpc) is 2.72. The molecule has 1 aliphatic carbocycles. The number of carbonyl (C=O) groups excluding carboxylic acids is 2. The van der Waals surface area contributed by atoms with Gasteiger partial charge in [0.1, 0.15) is 0 Å². The lowest BCUT2D eigenvalue weighted by molar-refractivity contribution is -0.125. The fourth-order valence-electron chi connectivity index (χ4n) is 3.98. The van der Waals surface area contributed by atoms with Gasteiger partial charge < -0.3 is 10.1 Å². The number of carbonyl (C=O) groups is 2. The van der Waals surface area contributed by atoms with Crippen molar-refractivity contribution in [2.75, 3.05) is 6.61 Å². The van der Waals surface area contributed by atoms with Crippen molar-refractivity contribution in [3.8, 4) is 0 Å². The number of amides is 1. The van der Waals surface area contributed by atoms with Gasteiger partial charge in [0, 0.05) is 18.0 Å². The molecule has 7 heteroatoms. The fourth-order valence-corrected chi connectivity index (χ4v) is 3.98. The number of nitrogens with zero attached hydrogens (tertiary/aromatic N) is 2. The smallest absolute Gasteiger partial charge is 0.359 e. The molecular formula is C22H29N3O4. The number of nitrogens with one attached hydrogen (secondary N) is 1. The monoisotopic (exact) mass is 399 g/mol. The summed E-state index contributed by atoms with van der Waals surface area (Å²) in [6.45, 7) is 6.32. The summed E-state index contributed by atoms with van der Waals surface area (Å²) in [5.74, 6) is -0.0554. The van der Waals surface area contributed by atoms with Crippen LogP contribution in [0.2, 0.25) is 0 Å². The molecule has 1 amide bonds. The number of esters is 1. The second-order valence-electron chi connectivity index (χ2n) is 7.94. The predicted molar refractivity (Wildman–Crippen MR) is 111 cm³/mol. The Hall–Kier alpha value is -2.70. The van der Waals surface area contributed by atoms with E-state index in [1.165, 1.54) is 11.1 Å². The van der Waals surface area contributed by atoms with Gasteiger partial charge in [-0.1, -0.05) is 51.8 Å². The van der Waals surface area contributed by atoms with E-state index in [9.17, 15) is 14.4 Å². The predicted octanol–water partition coefficient (Wildman–Crippen LogP) is 2.90. The molecule has 1 heterocycles. The van der Waals surface area contributed by atoms with Crippen LogP contribution in [0.1, 0.15) is 56.9 Å². The lowest BCUT2D eigenvalue weighted by atomic mass is 9.78. The maximum absolute atomic E-state index is 12.7. The number of fused-ring (bicyclic) bond motifs is 1. The highest BCUT2D eigenvalue weighted by Crippen LogP contribution is 2.29. The number of aryl methyl sites for hydroxylation is 1. The molecule has 0 saturated heterocycles. The highest BCUT2D eigenvalue weighted by molar-refractivity contribution is 6.02. The van der Waals surface area contributed by atoms with Gasteiger partial charge in [-0.3, -0.25) is 9.59 Å². The van der Waals surface area contributed by atoms with Gasteiger partial charge in [-0.15, -0.1) is 0 Å². The van der Waals surface area contributed by atoms with Gasteiger partial charge in [-0.05, 0) is 30.7 Å². The van der Waals surface area contributed by atoms with E-state index in [4.69, 9.17) is 4.74 Å². The zero-order chi connectivity index (χ0) is 21.0. The number of hydrogen-bond acceptors (Lipinski definition) is 5. The normalized spacial score (nSPS) is 21.7. The summed E-state index contributed by atoms with van der Waals surface area (Å²) in [5.41, 5.74) is -0.182. The standard InChI is InChI=1S/C22H29N3O4/c1-4-12-25-21(27)17-10-6-5-9-16(17)20(24-25)22(28)29-13-19(26)23-18-11-7-8-14(2)15(18)3/h5-6,9-10,14-15,18H,4,7-8,11-13H2,1-3H3,(H,23,26). The molecule has 1 N–H and O–H groups in total. The molecule has 7 nitrogen and oxygen atoms in total. The molecule has 0 radical (unpaired) electrons. The van der Waals surface area contributed by atoms with E-state index in [2.05, 4.69) is 24.3 Å². The molecule has 3 unspecified atom stereocenters. The van der Waals surface area contributed by atoms with Gasteiger partial charge >= 0.3 is 5.97 Å². The highest BCUT2D eigenvalue weighted by atomic mass is 16.5. The number of benzene rings is 1. The third-order valence-electron chi connectivity index (χ3n) is 5.88. The molecule has 1 saturated carbocycles. The molecule has 1 aromatic carbocycles. The fraction of sp³-hybridized carbons (Fsp3) is 0.545. The lowest BCUT2D eigenvalue weighted by Crippen LogP contribution is -2.45. The van der Waals surface area contributed by atoms with E-state index < -0.39 is 5.97 Å². The van der Waals surface area contributed by atoms with Crippen molar-refractivity contribution in [2.45, 2.75) is 59.0 Å². The van der Waals surface area contributed by atoms with Crippen LogP contribution in [-0.4, -0.2) is 34.3 Å². The van der Waals surface area contributed by atoms with Crippen molar-refractivity contribution >= 4 is 22.6 Å². The van der Waals surface area contributed by atoms with Crippen molar-refractivity contribution in [1.82, 2.24) is 15.1 Å². The maximum atomic E-state index is 12.7. The third-order valence-corrected chi connectivity index (χ3v) is 5.88. The number of hydrogen-bond donors (Lipinski definition) is 1. The van der Waals surface area contributed by atoms with E-state index in [-0.39, 0.29) is 29.8 Å². The Morgan fingerprint density at radius 1 is 1.21 bits per heavy atom. The summed E-state index contributed by atoms with van der Waals surface area (Å²) in [5, 5.41) is 8.05. The van der Waals surface area contributed by atoms with E-state index in [1.54, 1.807) is 24.3 Å². The molecular weight excluding hydrogens is 370 g/mol. The Morgan fingerprint density at radius 3 is 2.66 bits per heavy atom. The molecule has 0 bridgehead atoms. The topological polar surface area (TPSA) is 90.3 Å². The van der Waals surface area contributed by atoms with Crippen molar-refractivity contribution < 1.29 is 14.3 Å². The van der Waals surface area contributed by atoms with E-state index in [0.29, 0.717) is 35.6 Å². The Kier molecular flexibility index (Phi) is 6.67. The minimum Gasteiger partial charge on any atom is -0.451 e. The summed E-state index contributed by atoms with van der Waals surface area (Å²) in [6, 6.07) is 6.93. The molecule has 0 spiro atoms. The van der Waals surface area contributed by atoms with Crippen molar-refractivity contribution in [1.29, 1.82) is 0 Å². The number of rotatable bonds is 6. The molecule has 29 heavy (non-hydrogen) atoms. The van der Waals surface area contributed by atoms with E-state index in [0.717, 1.165) is 12.8 Å². The first kappa shape index (κ1) is 21.0. The van der Waals surface area contributed by atoms with Crippen LogP contribution >= 0.6 is 0 Å². The van der Waals surface area contributed by atoms with Crippen LogP contribution in [0.5, 0.6) is 0 Å². The zero-order valence-corrected chi connectivity index (χ0v) is 17.3. The third kappa shape index (κ3) is 4.66. The maximum Gasteiger partial charge on any atom is 0.359 e. The van der Waals surface area contributed by atoms with E-state index in [1.807, 2.05) is 6.92 Å². The molecule has 1 aromatic heterocycles. The molecule has 1 fully saturated rings. The largest absolute Gasteiger partial charge is 0.451 e. The van der Waals surface area contributed by atoms with Gasteiger partial charge in [0.2, 0.25) is 0 Å². The van der Waals surface area contributed by atoms with Crippen molar-refractivity contribution in [3.63, 3.8) is 0 Å². The lowest BCUT2D eigenvalue weighted by Gasteiger charge is -2.34. The Labute approximate surface area is 170 Å². The molecule has 0 aliphatic heterocycles. The summed E-state index contributed by atoms with van der Waals surface area (Å²) < 4.78 is 6.53. The van der Waals surface area contributed by atoms with Crippen LogP contribution in [0.15, 0.2) is 29.1 Å². The van der Waals surface area contributed by atoms with Crippen LogP contribution in [0.25, 0.3) is 10.8 Å². The Balaban J connectivity index is 1.72. The molecule has 3 atom stereocenters. The van der Waals surface area contributed by atoms with Crippen LogP contribution in [-0.2, 0) is 16.1 Å². The van der Waals surface area contributed by atoms with Gasteiger partial charge in [0.25, 0.3) is 11.5 Å². The second-order valence-corrected chi connectivity index (χ2v) is 7.94. The number of ether oxygens (including phenoxy) is 1. The molecule has 3 rings (SSSR count). The van der Waals surface area contributed by atoms with Gasteiger partial charge in [0.15, 0.2) is 12.3 Å². The SMILES string of the molecule is CCCn1nc(C(=O)OCC(=O)NC2CCCC(C)C2C)c2ccccc2c1=O. The quantitative estimate of drug-likeness (QED) is 0.755. The van der Waals surface area contributed by atoms with E-state index >= 15 is 0 Å². The summed E-state index contributed by atoms with van der Waals surface area (Å²) in [4.78, 5) is 37.5. The average molecular weight is 399 g/mol. The van der Waals surface area contributed by atoms with Crippen molar-refractivity contribution in [3.05, 3.63) is 40.3 Å². The summed E-state index contributed by atoms with van der Waals surface area (Å²) >= 11 is 0. The molecule has 2 aromatic rings. The van der Waals surface area contributed by atoms with Gasteiger partial charge in [-0.2, -0.15) is 5.10 Å². The highest BCUT2D eigenvalue weighted by Gasteiger charge is 2.28. The first-order chi connectivity index (χ1) is 13.9. The van der Waals surface area contributed by atoms with Crippen molar-refractivity contribution in [2.24, 2.45) is 11.8 Å². The Morgan fingerprint density at radius 2 is 1.93 bits per heavy atom. The minimum absolute atomic E-state index is 0.0566. The minimum atomic E-state index is -0.703. The Bertz CT molecular complexity index is 953. The zero-order valence-electron chi connectivity index (χ0n) is 17.3. The van der Waals surface area contributed by atoms with Crippen LogP contribution in [0, 0.1) is 11.8 Å². The summed E-state index contributed by atoms with van der Waals surface area (Å²) in [7, 11) is 0. The van der Waals surface area contributed by atoms with Crippen LogP contribution < -0.4 is 10.9 Å². The summed E-state index contributed by atoms with van der Waals surface area (Å²) in [6.07, 6.45) is 3.92.